The number of rotatable bonds is 11. The second kappa shape index (κ2) is 11.8. The summed E-state index contributed by atoms with van der Waals surface area (Å²) in [5.74, 6) is 0.964. The lowest BCUT2D eigenvalue weighted by molar-refractivity contribution is -0.0208. The van der Waals surface area contributed by atoms with E-state index in [0.717, 1.165) is 49.3 Å². The molecule has 1 saturated carbocycles. The first-order valence-electron chi connectivity index (χ1n) is 10.9. The van der Waals surface area contributed by atoms with Crippen molar-refractivity contribution in [2.75, 3.05) is 18.1 Å². The molecule has 0 radical (unpaired) electrons. The Morgan fingerprint density at radius 1 is 1.10 bits per heavy atom. The van der Waals surface area contributed by atoms with Crippen molar-refractivity contribution < 1.29 is 9.47 Å². The summed E-state index contributed by atoms with van der Waals surface area (Å²) in [5, 5.41) is 18.9. The van der Waals surface area contributed by atoms with E-state index < -0.39 is 0 Å². The molecule has 160 valence electrons. The quantitative estimate of drug-likeness (QED) is 0.271. The van der Waals surface area contributed by atoms with Gasteiger partial charge in [0.1, 0.15) is 18.9 Å². The number of allylic oxidation sites excluding steroid dienone is 1. The SMILES string of the molecule is CCCCO[C@H]1C[C@@H](/C(C#N)=C/N(CC#N)c2ccc(OCc3ccccc3)cc2)C1. The molecule has 0 N–H and O–H groups in total. The smallest absolute Gasteiger partial charge is 0.119 e. The summed E-state index contributed by atoms with van der Waals surface area (Å²) < 4.78 is 11.7. The van der Waals surface area contributed by atoms with Gasteiger partial charge in [0, 0.05) is 30.0 Å². The monoisotopic (exact) mass is 415 g/mol. The van der Waals surface area contributed by atoms with E-state index in [4.69, 9.17) is 9.47 Å². The molecule has 2 aromatic rings. The number of hydrogen-bond donors (Lipinski definition) is 0. The highest BCUT2D eigenvalue weighted by molar-refractivity contribution is 5.53. The third kappa shape index (κ3) is 6.60. The Morgan fingerprint density at radius 3 is 2.48 bits per heavy atom. The van der Waals surface area contributed by atoms with Crippen molar-refractivity contribution in [2.45, 2.75) is 45.3 Å². The minimum atomic E-state index is 0.179. The molecule has 0 spiro atoms. The van der Waals surface area contributed by atoms with E-state index >= 15 is 0 Å². The highest BCUT2D eigenvalue weighted by atomic mass is 16.5. The second-order valence-electron chi connectivity index (χ2n) is 7.77. The van der Waals surface area contributed by atoms with E-state index in [1.54, 1.807) is 0 Å². The summed E-state index contributed by atoms with van der Waals surface area (Å²) in [4.78, 5) is 1.82. The zero-order chi connectivity index (χ0) is 21.9. The van der Waals surface area contributed by atoms with Gasteiger partial charge >= 0.3 is 0 Å². The Bertz CT molecular complexity index is 920. The van der Waals surface area contributed by atoms with Gasteiger partial charge in [0.25, 0.3) is 0 Å². The first kappa shape index (κ1) is 22.4. The first-order chi connectivity index (χ1) is 15.2. The molecule has 0 heterocycles. The molecule has 5 heteroatoms. The molecule has 3 rings (SSSR count). The van der Waals surface area contributed by atoms with Gasteiger partial charge in [0.2, 0.25) is 0 Å². The lowest BCUT2D eigenvalue weighted by Crippen LogP contribution is -2.33. The maximum Gasteiger partial charge on any atom is 0.119 e. The number of anilines is 1. The number of benzene rings is 2. The van der Waals surface area contributed by atoms with Crippen LogP contribution in [0.25, 0.3) is 0 Å². The molecular weight excluding hydrogens is 386 g/mol. The van der Waals surface area contributed by atoms with Crippen LogP contribution in [0.2, 0.25) is 0 Å². The molecular formula is C26H29N3O2. The summed E-state index contributed by atoms with van der Waals surface area (Å²) in [6, 6.07) is 22.1. The number of ether oxygens (including phenoxy) is 2. The number of nitrogens with zero attached hydrogens (tertiary/aromatic N) is 3. The molecule has 1 fully saturated rings. The van der Waals surface area contributed by atoms with Gasteiger partial charge in [0.05, 0.1) is 18.2 Å². The highest BCUT2D eigenvalue weighted by Crippen LogP contribution is 2.36. The first-order valence-corrected chi connectivity index (χ1v) is 10.9. The van der Waals surface area contributed by atoms with Gasteiger partial charge in [-0.1, -0.05) is 43.7 Å². The molecule has 0 atom stereocenters. The van der Waals surface area contributed by atoms with Crippen LogP contribution in [-0.4, -0.2) is 19.3 Å². The Morgan fingerprint density at radius 2 is 1.84 bits per heavy atom. The molecule has 1 aliphatic rings. The molecule has 0 aliphatic heterocycles. The van der Waals surface area contributed by atoms with E-state index in [0.29, 0.717) is 12.2 Å². The third-order valence-electron chi connectivity index (χ3n) is 5.47. The average molecular weight is 416 g/mol. The summed E-state index contributed by atoms with van der Waals surface area (Å²) in [5.41, 5.74) is 2.67. The van der Waals surface area contributed by atoms with Gasteiger partial charge in [-0.25, -0.2) is 0 Å². The maximum atomic E-state index is 9.66. The van der Waals surface area contributed by atoms with Crippen LogP contribution < -0.4 is 9.64 Å². The normalized spacial score (nSPS) is 17.8. The largest absolute Gasteiger partial charge is 0.489 e. The van der Waals surface area contributed by atoms with Crippen LogP contribution >= 0.6 is 0 Å². The van der Waals surface area contributed by atoms with Gasteiger partial charge < -0.3 is 14.4 Å². The van der Waals surface area contributed by atoms with E-state index in [-0.39, 0.29) is 18.6 Å². The maximum absolute atomic E-state index is 9.66. The molecule has 0 bridgehead atoms. The Labute approximate surface area is 185 Å². The summed E-state index contributed by atoms with van der Waals surface area (Å²) in [7, 11) is 0. The van der Waals surface area contributed by atoms with E-state index in [1.165, 1.54) is 0 Å². The fourth-order valence-corrected chi connectivity index (χ4v) is 3.51. The Balaban J connectivity index is 1.60. The van der Waals surface area contributed by atoms with Gasteiger partial charge in [-0.05, 0) is 49.1 Å². The fourth-order valence-electron chi connectivity index (χ4n) is 3.51. The predicted octanol–water partition coefficient (Wildman–Crippen LogP) is 5.60. The minimum absolute atomic E-state index is 0.179. The zero-order valence-corrected chi connectivity index (χ0v) is 18.0. The van der Waals surface area contributed by atoms with Crippen molar-refractivity contribution in [1.29, 1.82) is 10.5 Å². The minimum Gasteiger partial charge on any atom is -0.489 e. The van der Waals surface area contributed by atoms with Crippen molar-refractivity contribution in [1.82, 2.24) is 0 Å². The number of nitriles is 2. The topological polar surface area (TPSA) is 69.3 Å². The lowest BCUT2D eigenvalue weighted by atomic mass is 9.77. The molecule has 0 saturated heterocycles. The molecule has 0 aromatic heterocycles. The van der Waals surface area contributed by atoms with Crippen LogP contribution in [0.15, 0.2) is 66.4 Å². The van der Waals surface area contributed by atoms with Gasteiger partial charge in [0.15, 0.2) is 0 Å². The van der Waals surface area contributed by atoms with Crippen LogP contribution in [0.4, 0.5) is 5.69 Å². The Kier molecular flexibility index (Phi) is 8.52. The van der Waals surface area contributed by atoms with Crippen molar-refractivity contribution in [3.05, 3.63) is 71.9 Å². The molecule has 1 aliphatic carbocycles. The van der Waals surface area contributed by atoms with Crippen molar-refractivity contribution in [3.8, 4) is 17.9 Å². The van der Waals surface area contributed by atoms with Crippen molar-refractivity contribution in [3.63, 3.8) is 0 Å². The average Bonchev–Trinajstić information content (AvgIpc) is 2.78. The third-order valence-corrected chi connectivity index (χ3v) is 5.47. The van der Waals surface area contributed by atoms with E-state index in [2.05, 4.69) is 19.1 Å². The Hall–Kier alpha value is -3.28. The van der Waals surface area contributed by atoms with Crippen LogP contribution in [0, 0.1) is 28.6 Å². The molecule has 2 aromatic carbocycles. The highest BCUT2D eigenvalue weighted by Gasteiger charge is 2.33. The van der Waals surface area contributed by atoms with Crippen LogP contribution in [-0.2, 0) is 11.3 Å². The van der Waals surface area contributed by atoms with E-state index in [1.807, 2.05) is 65.7 Å². The van der Waals surface area contributed by atoms with Gasteiger partial charge in [-0.2, -0.15) is 10.5 Å². The summed E-state index contributed by atoms with van der Waals surface area (Å²) in [6.45, 7) is 3.62. The second-order valence-corrected chi connectivity index (χ2v) is 7.77. The zero-order valence-electron chi connectivity index (χ0n) is 18.0. The van der Waals surface area contributed by atoms with Crippen LogP contribution in [0.5, 0.6) is 5.75 Å². The molecule has 0 unspecified atom stereocenters. The lowest BCUT2D eigenvalue weighted by Gasteiger charge is -2.35. The molecule has 31 heavy (non-hydrogen) atoms. The van der Waals surface area contributed by atoms with Crippen LogP contribution in [0.1, 0.15) is 38.2 Å². The summed E-state index contributed by atoms with van der Waals surface area (Å²) in [6.07, 6.45) is 6.00. The number of unbranched alkanes of at least 4 members (excludes halogenated alkanes) is 1. The molecule has 5 nitrogen and oxygen atoms in total. The summed E-state index contributed by atoms with van der Waals surface area (Å²) >= 11 is 0. The predicted molar refractivity (Wildman–Crippen MR) is 121 cm³/mol. The molecule has 0 amide bonds. The van der Waals surface area contributed by atoms with Gasteiger partial charge in [-0.15, -0.1) is 0 Å². The van der Waals surface area contributed by atoms with Crippen molar-refractivity contribution >= 4 is 5.69 Å². The van der Waals surface area contributed by atoms with Crippen LogP contribution in [0.3, 0.4) is 0 Å². The fraction of sp³-hybridized carbons (Fsp3) is 0.385. The number of hydrogen-bond acceptors (Lipinski definition) is 5. The standard InChI is InChI=1S/C26H29N3O2/c1-2-3-15-30-26-16-22(17-26)23(18-28)19-29(14-13-27)24-9-11-25(12-10-24)31-20-21-7-5-4-6-8-21/h4-12,19,22,26H,2-3,14-17,20H2,1H3/b23-19+/t22-,26+. The van der Waals surface area contributed by atoms with E-state index in [9.17, 15) is 10.5 Å². The van der Waals surface area contributed by atoms with Crippen molar-refractivity contribution in [2.24, 2.45) is 5.92 Å². The van der Waals surface area contributed by atoms with Gasteiger partial charge in [-0.3, -0.25) is 0 Å².